The molecule has 6 nitrogen and oxygen atoms in total. The Morgan fingerprint density at radius 3 is 2.53 bits per heavy atom. The van der Waals surface area contributed by atoms with Crippen LogP contribution in [0.4, 0.5) is 5.82 Å². The van der Waals surface area contributed by atoms with Crippen LogP contribution in [0.15, 0.2) is 10.2 Å². The maximum atomic E-state index is 5.94. The Balaban J connectivity index is 2.36. The number of aryl methyl sites for hydroxylation is 2. The number of nitrogens with two attached hydrogens (primary N) is 1. The Morgan fingerprint density at radius 1 is 1.21 bits per heavy atom. The fraction of sp³-hybridized carbons (Fsp3) is 0.500. The van der Waals surface area contributed by atoms with Gasteiger partial charge in [-0.05, 0) is 32.0 Å². The summed E-state index contributed by atoms with van der Waals surface area (Å²) in [6.45, 7) is 5.94. The predicted octanol–water partition coefficient (Wildman–Crippen LogP) is 1.91. The Labute approximate surface area is 116 Å². The number of aromatic nitrogens is 5. The first kappa shape index (κ1) is 13.8. The quantitative estimate of drug-likeness (QED) is 0.860. The maximum Gasteiger partial charge on any atom is 0.197 e. The molecular formula is C12H18N6S. The van der Waals surface area contributed by atoms with Gasteiger partial charge in [-0.2, -0.15) is 0 Å². The van der Waals surface area contributed by atoms with Gasteiger partial charge in [0.25, 0.3) is 0 Å². The van der Waals surface area contributed by atoms with Crippen molar-refractivity contribution in [1.82, 2.24) is 24.7 Å². The standard InChI is InChI=1S/C12H18N6S/c1-5-6-9-14-10(13)7(2)11(15-9)19-12-17-16-8(3)18(12)4/h5-6H2,1-4H3,(H2,13,14,15). The van der Waals surface area contributed by atoms with Gasteiger partial charge in [0.2, 0.25) is 0 Å². The van der Waals surface area contributed by atoms with Gasteiger partial charge in [-0.15, -0.1) is 10.2 Å². The van der Waals surface area contributed by atoms with Crippen LogP contribution in [0.25, 0.3) is 0 Å². The van der Waals surface area contributed by atoms with Crippen molar-refractivity contribution in [2.24, 2.45) is 7.05 Å². The van der Waals surface area contributed by atoms with E-state index in [0.29, 0.717) is 5.82 Å². The normalized spacial score (nSPS) is 10.9. The largest absolute Gasteiger partial charge is 0.383 e. The molecule has 0 atom stereocenters. The monoisotopic (exact) mass is 278 g/mol. The molecule has 0 amide bonds. The molecular weight excluding hydrogens is 260 g/mol. The second-order valence-corrected chi connectivity index (χ2v) is 5.35. The van der Waals surface area contributed by atoms with Crippen LogP contribution in [0.3, 0.4) is 0 Å². The lowest BCUT2D eigenvalue weighted by molar-refractivity contribution is 0.760. The molecule has 0 spiro atoms. The van der Waals surface area contributed by atoms with E-state index in [2.05, 4.69) is 27.1 Å². The average Bonchev–Trinajstić information content (AvgIpc) is 2.67. The van der Waals surface area contributed by atoms with Crippen molar-refractivity contribution in [2.75, 3.05) is 5.73 Å². The zero-order valence-electron chi connectivity index (χ0n) is 11.6. The zero-order valence-corrected chi connectivity index (χ0v) is 12.5. The summed E-state index contributed by atoms with van der Waals surface area (Å²) < 4.78 is 1.93. The van der Waals surface area contributed by atoms with E-state index in [1.165, 1.54) is 11.8 Å². The van der Waals surface area contributed by atoms with Crippen molar-refractivity contribution in [3.05, 3.63) is 17.2 Å². The summed E-state index contributed by atoms with van der Waals surface area (Å²) >= 11 is 1.47. The topological polar surface area (TPSA) is 82.5 Å². The molecule has 2 heterocycles. The van der Waals surface area contributed by atoms with Crippen molar-refractivity contribution in [1.29, 1.82) is 0 Å². The van der Waals surface area contributed by atoms with E-state index in [0.717, 1.165) is 40.2 Å². The van der Waals surface area contributed by atoms with Gasteiger partial charge in [0.05, 0.1) is 0 Å². The van der Waals surface area contributed by atoms with Gasteiger partial charge >= 0.3 is 0 Å². The first-order chi connectivity index (χ1) is 9.02. The smallest absolute Gasteiger partial charge is 0.197 e. The number of rotatable bonds is 4. The molecule has 0 aliphatic heterocycles. The summed E-state index contributed by atoms with van der Waals surface area (Å²) in [6, 6.07) is 0. The third kappa shape index (κ3) is 2.86. The van der Waals surface area contributed by atoms with Gasteiger partial charge in [0.1, 0.15) is 22.5 Å². The van der Waals surface area contributed by atoms with E-state index >= 15 is 0 Å². The molecule has 2 rings (SSSR count). The van der Waals surface area contributed by atoms with Crippen LogP contribution in [-0.2, 0) is 13.5 Å². The second kappa shape index (κ2) is 5.56. The molecule has 0 unspecified atom stereocenters. The first-order valence-electron chi connectivity index (χ1n) is 6.19. The van der Waals surface area contributed by atoms with Crippen LogP contribution in [0.1, 0.15) is 30.6 Å². The van der Waals surface area contributed by atoms with Gasteiger partial charge in [-0.25, -0.2) is 9.97 Å². The van der Waals surface area contributed by atoms with Crippen LogP contribution in [0.5, 0.6) is 0 Å². The summed E-state index contributed by atoms with van der Waals surface area (Å²) in [5.74, 6) is 2.20. The molecule has 102 valence electrons. The summed E-state index contributed by atoms with van der Waals surface area (Å²) in [7, 11) is 1.94. The van der Waals surface area contributed by atoms with E-state index in [4.69, 9.17) is 5.73 Å². The summed E-state index contributed by atoms with van der Waals surface area (Å²) in [4.78, 5) is 8.86. The molecule has 0 aliphatic rings. The van der Waals surface area contributed by atoms with E-state index < -0.39 is 0 Å². The molecule has 2 aromatic heterocycles. The van der Waals surface area contributed by atoms with Gasteiger partial charge in [-0.3, -0.25) is 0 Å². The van der Waals surface area contributed by atoms with E-state index in [-0.39, 0.29) is 0 Å². The summed E-state index contributed by atoms with van der Waals surface area (Å²) in [6.07, 6.45) is 1.82. The van der Waals surface area contributed by atoms with E-state index in [9.17, 15) is 0 Å². The van der Waals surface area contributed by atoms with E-state index in [1.807, 2.05) is 25.5 Å². The highest BCUT2D eigenvalue weighted by Gasteiger charge is 2.13. The molecule has 0 bridgehead atoms. The number of nitrogens with zero attached hydrogens (tertiary/aromatic N) is 5. The first-order valence-corrected chi connectivity index (χ1v) is 7.01. The summed E-state index contributed by atoms with van der Waals surface area (Å²) in [5.41, 5.74) is 6.84. The highest BCUT2D eigenvalue weighted by molar-refractivity contribution is 7.99. The molecule has 0 radical (unpaired) electrons. The molecule has 7 heteroatoms. The third-order valence-electron chi connectivity index (χ3n) is 2.90. The predicted molar refractivity (Wildman–Crippen MR) is 75.0 cm³/mol. The molecule has 19 heavy (non-hydrogen) atoms. The molecule has 0 fully saturated rings. The van der Waals surface area contributed by atoms with Gasteiger partial charge in [0, 0.05) is 19.0 Å². The highest BCUT2D eigenvalue weighted by atomic mass is 32.2. The van der Waals surface area contributed by atoms with Crippen molar-refractivity contribution < 1.29 is 0 Å². The fourth-order valence-electron chi connectivity index (χ4n) is 1.56. The number of hydrogen-bond acceptors (Lipinski definition) is 6. The minimum atomic E-state index is 0.542. The average molecular weight is 278 g/mol. The van der Waals surface area contributed by atoms with Crippen LogP contribution in [0.2, 0.25) is 0 Å². The van der Waals surface area contributed by atoms with Crippen LogP contribution in [0, 0.1) is 13.8 Å². The van der Waals surface area contributed by atoms with Gasteiger partial charge in [0.15, 0.2) is 5.16 Å². The second-order valence-electron chi connectivity index (χ2n) is 4.40. The molecule has 2 N–H and O–H groups in total. The third-order valence-corrected chi connectivity index (χ3v) is 4.03. The lowest BCUT2D eigenvalue weighted by atomic mass is 10.3. The number of nitrogen functional groups attached to an aromatic ring is 1. The Kier molecular flexibility index (Phi) is 4.04. The minimum Gasteiger partial charge on any atom is -0.383 e. The molecule has 0 saturated carbocycles. The Hall–Kier alpha value is -1.63. The molecule has 0 saturated heterocycles. The lowest BCUT2D eigenvalue weighted by Gasteiger charge is -2.08. The highest BCUT2D eigenvalue weighted by Crippen LogP contribution is 2.29. The summed E-state index contributed by atoms with van der Waals surface area (Å²) in [5, 5.41) is 9.83. The van der Waals surface area contributed by atoms with Crippen LogP contribution < -0.4 is 5.73 Å². The lowest BCUT2D eigenvalue weighted by Crippen LogP contribution is -2.05. The van der Waals surface area contributed by atoms with Crippen LogP contribution >= 0.6 is 11.8 Å². The van der Waals surface area contributed by atoms with Crippen molar-refractivity contribution in [2.45, 2.75) is 43.8 Å². The Morgan fingerprint density at radius 2 is 1.95 bits per heavy atom. The zero-order chi connectivity index (χ0) is 14.0. The maximum absolute atomic E-state index is 5.94. The Bertz CT molecular complexity index is 592. The minimum absolute atomic E-state index is 0.542. The van der Waals surface area contributed by atoms with Gasteiger partial charge in [-0.1, -0.05) is 6.92 Å². The van der Waals surface area contributed by atoms with Crippen LogP contribution in [-0.4, -0.2) is 24.7 Å². The van der Waals surface area contributed by atoms with E-state index in [1.54, 1.807) is 0 Å². The van der Waals surface area contributed by atoms with Crippen molar-refractivity contribution in [3.8, 4) is 0 Å². The SMILES string of the molecule is CCCc1nc(N)c(C)c(Sc2nnc(C)n2C)n1. The molecule has 2 aromatic rings. The molecule has 0 aromatic carbocycles. The fourth-order valence-corrected chi connectivity index (χ4v) is 2.49. The molecule has 0 aliphatic carbocycles. The number of hydrogen-bond donors (Lipinski definition) is 1. The van der Waals surface area contributed by atoms with Crippen molar-refractivity contribution in [3.63, 3.8) is 0 Å². The number of anilines is 1. The van der Waals surface area contributed by atoms with Gasteiger partial charge < -0.3 is 10.3 Å². The van der Waals surface area contributed by atoms with Crippen molar-refractivity contribution >= 4 is 17.6 Å².